The second-order valence-electron chi connectivity index (χ2n) is 6.67. The highest BCUT2D eigenvalue weighted by Crippen LogP contribution is 2.43. The second kappa shape index (κ2) is 5.50. The van der Waals surface area contributed by atoms with Gasteiger partial charge in [-0.15, -0.1) is 0 Å². The Morgan fingerprint density at radius 2 is 2.00 bits per heavy atom. The zero-order valence-corrected chi connectivity index (χ0v) is 13.9. The first kappa shape index (κ1) is 15.5. The number of rotatable bonds is 2. The Labute approximate surface area is 140 Å². The Kier molecular flexibility index (Phi) is 3.54. The Morgan fingerprint density at radius 1 is 1.21 bits per heavy atom. The van der Waals surface area contributed by atoms with Gasteiger partial charge in [-0.1, -0.05) is 6.07 Å². The van der Waals surface area contributed by atoms with Gasteiger partial charge in [-0.2, -0.15) is 0 Å². The van der Waals surface area contributed by atoms with Gasteiger partial charge in [0.25, 0.3) is 0 Å². The average molecular weight is 332 g/mol. The van der Waals surface area contributed by atoms with Crippen LogP contribution in [0.2, 0.25) is 0 Å². The maximum Gasteiger partial charge on any atom is 0.303 e. The van der Waals surface area contributed by atoms with Gasteiger partial charge in [0.05, 0.1) is 6.10 Å². The summed E-state index contributed by atoms with van der Waals surface area (Å²) < 4.78 is 28.3. The number of ether oxygens (including phenoxy) is 5. The van der Waals surface area contributed by atoms with Crippen LogP contribution in [-0.4, -0.2) is 36.9 Å². The van der Waals surface area contributed by atoms with E-state index in [0.29, 0.717) is 12.2 Å². The molecule has 6 heteroatoms. The molecule has 0 radical (unpaired) electrons. The third-order valence-corrected chi connectivity index (χ3v) is 4.34. The van der Waals surface area contributed by atoms with Gasteiger partial charge >= 0.3 is 5.97 Å². The molecule has 24 heavy (non-hydrogen) atoms. The lowest BCUT2D eigenvalue weighted by Gasteiger charge is -2.29. The molecule has 1 aromatic carbocycles. The van der Waals surface area contributed by atoms with Crippen molar-refractivity contribution in [2.45, 2.75) is 51.3 Å². The molecule has 1 aromatic rings. The van der Waals surface area contributed by atoms with E-state index >= 15 is 0 Å². The SMILES string of the molecule is CC(=O)O[C@H]1C=C(c2ccc3c(c2)OCO3)[C@H]2OC(C)(C)O[C@H]2C1. The highest BCUT2D eigenvalue weighted by molar-refractivity contribution is 5.74. The number of hydrogen-bond acceptors (Lipinski definition) is 6. The summed E-state index contributed by atoms with van der Waals surface area (Å²) in [6.07, 6.45) is 1.84. The van der Waals surface area contributed by atoms with Crippen molar-refractivity contribution >= 4 is 11.5 Å². The number of carbonyl (C=O) groups is 1. The normalized spacial score (nSPS) is 29.8. The fraction of sp³-hybridized carbons (Fsp3) is 0.500. The third-order valence-electron chi connectivity index (χ3n) is 4.34. The third kappa shape index (κ3) is 2.76. The van der Waals surface area contributed by atoms with Gasteiger partial charge in [0, 0.05) is 13.3 Å². The summed E-state index contributed by atoms with van der Waals surface area (Å²) in [5.74, 6) is 0.457. The van der Waals surface area contributed by atoms with Gasteiger partial charge in [-0.3, -0.25) is 4.79 Å². The van der Waals surface area contributed by atoms with Gasteiger partial charge in [0.2, 0.25) is 6.79 Å². The molecule has 0 N–H and O–H groups in total. The van der Waals surface area contributed by atoms with Gasteiger partial charge in [0.15, 0.2) is 17.3 Å². The van der Waals surface area contributed by atoms with Crippen molar-refractivity contribution in [1.82, 2.24) is 0 Å². The fourth-order valence-electron chi connectivity index (χ4n) is 3.50. The van der Waals surface area contributed by atoms with Crippen LogP contribution in [0.5, 0.6) is 11.5 Å². The predicted octanol–water partition coefficient (Wildman–Crippen LogP) is 2.65. The minimum atomic E-state index is -0.671. The van der Waals surface area contributed by atoms with Crippen molar-refractivity contribution in [2.24, 2.45) is 0 Å². The summed E-state index contributed by atoms with van der Waals surface area (Å²) in [6, 6.07) is 5.77. The average Bonchev–Trinajstić information content (AvgIpc) is 3.07. The van der Waals surface area contributed by atoms with Crippen LogP contribution in [0.1, 0.15) is 32.8 Å². The van der Waals surface area contributed by atoms with Crippen molar-refractivity contribution in [2.75, 3.05) is 6.79 Å². The molecule has 1 saturated heterocycles. The topological polar surface area (TPSA) is 63.2 Å². The molecular formula is C18H20O6. The number of esters is 1. The minimum Gasteiger partial charge on any atom is -0.458 e. The molecule has 1 fully saturated rings. The minimum absolute atomic E-state index is 0.158. The molecule has 0 saturated carbocycles. The Morgan fingerprint density at radius 3 is 2.79 bits per heavy atom. The van der Waals surface area contributed by atoms with E-state index in [1.807, 2.05) is 38.1 Å². The quantitative estimate of drug-likeness (QED) is 0.776. The molecule has 0 aromatic heterocycles. The summed E-state index contributed by atoms with van der Waals surface area (Å²) in [5, 5.41) is 0. The van der Waals surface area contributed by atoms with Crippen molar-refractivity contribution in [3.05, 3.63) is 29.8 Å². The number of fused-ring (bicyclic) bond motifs is 2. The first-order valence-corrected chi connectivity index (χ1v) is 8.06. The molecule has 2 aliphatic heterocycles. The summed E-state index contributed by atoms with van der Waals surface area (Å²) in [4.78, 5) is 11.4. The first-order valence-electron chi connectivity index (χ1n) is 8.06. The van der Waals surface area contributed by atoms with Crippen LogP contribution in [-0.2, 0) is 19.0 Å². The molecule has 3 atom stereocenters. The Bertz CT molecular complexity index is 707. The largest absolute Gasteiger partial charge is 0.458 e. The highest BCUT2D eigenvalue weighted by atomic mass is 16.8. The molecule has 0 amide bonds. The smallest absolute Gasteiger partial charge is 0.303 e. The van der Waals surface area contributed by atoms with Crippen LogP contribution < -0.4 is 9.47 Å². The number of carbonyl (C=O) groups excluding carboxylic acids is 1. The molecule has 0 spiro atoms. The van der Waals surface area contributed by atoms with E-state index in [1.165, 1.54) is 6.92 Å². The predicted molar refractivity (Wildman–Crippen MR) is 84.5 cm³/mol. The van der Waals surface area contributed by atoms with Gasteiger partial charge < -0.3 is 23.7 Å². The van der Waals surface area contributed by atoms with Crippen molar-refractivity contribution in [3.63, 3.8) is 0 Å². The lowest BCUT2D eigenvalue weighted by Crippen LogP contribution is -2.34. The van der Waals surface area contributed by atoms with Crippen LogP contribution in [0.25, 0.3) is 5.57 Å². The van der Waals surface area contributed by atoms with Crippen LogP contribution in [0.3, 0.4) is 0 Å². The monoisotopic (exact) mass is 332 g/mol. The molecule has 0 bridgehead atoms. The van der Waals surface area contributed by atoms with Gasteiger partial charge in [-0.25, -0.2) is 0 Å². The van der Waals surface area contributed by atoms with Crippen molar-refractivity contribution < 1.29 is 28.5 Å². The molecule has 0 unspecified atom stereocenters. The Balaban J connectivity index is 1.71. The van der Waals surface area contributed by atoms with Crippen LogP contribution in [0.4, 0.5) is 0 Å². The van der Waals surface area contributed by atoms with Crippen molar-refractivity contribution in [3.8, 4) is 11.5 Å². The maximum absolute atomic E-state index is 11.4. The van der Waals surface area contributed by atoms with E-state index < -0.39 is 5.79 Å². The number of hydrogen-bond donors (Lipinski definition) is 0. The molecule has 128 valence electrons. The molecule has 6 nitrogen and oxygen atoms in total. The van der Waals surface area contributed by atoms with Crippen LogP contribution in [0, 0.1) is 0 Å². The van der Waals surface area contributed by atoms with Crippen LogP contribution >= 0.6 is 0 Å². The van der Waals surface area contributed by atoms with E-state index in [1.54, 1.807) is 0 Å². The second-order valence-corrected chi connectivity index (χ2v) is 6.67. The zero-order valence-electron chi connectivity index (χ0n) is 13.9. The van der Waals surface area contributed by atoms with E-state index in [0.717, 1.165) is 16.9 Å². The molecule has 3 aliphatic rings. The van der Waals surface area contributed by atoms with Gasteiger partial charge in [-0.05, 0) is 43.2 Å². The standard InChI is InChI=1S/C18H20O6/c1-10(19)22-12-7-13(17-16(8-12)23-18(2,3)24-17)11-4-5-14-15(6-11)21-9-20-14/h4-7,12,16-17H,8-9H2,1-3H3/t12-,16-,17+/m0/s1. The summed E-state index contributed by atoms with van der Waals surface area (Å²) in [6.45, 7) is 5.43. The van der Waals surface area contributed by atoms with E-state index in [4.69, 9.17) is 23.7 Å². The molecule has 1 aliphatic carbocycles. The highest BCUT2D eigenvalue weighted by Gasteiger charge is 2.47. The van der Waals surface area contributed by atoms with E-state index in [2.05, 4.69) is 0 Å². The molecule has 2 heterocycles. The van der Waals surface area contributed by atoms with E-state index in [9.17, 15) is 4.79 Å². The zero-order chi connectivity index (χ0) is 16.9. The van der Waals surface area contributed by atoms with Crippen molar-refractivity contribution in [1.29, 1.82) is 0 Å². The molecule has 4 rings (SSSR count). The summed E-state index contributed by atoms with van der Waals surface area (Å²) >= 11 is 0. The molecular weight excluding hydrogens is 312 g/mol. The lowest BCUT2D eigenvalue weighted by atomic mass is 9.87. The Hall–Kier alpha value is -2.05. The van der Waals surface area contributed by atoms with E-state index in [-0.39, 0.29) is 31.1 Å². The fourth-order valence-corrected chi connectivity index (χ4v) is 3.50. The number of benzene rings is 1. The first-order chi connectivity index (χ1) is 11.4. The lowest BCUT2D eigenvalue weighted by molar-refractivity contribution is -0.150. The van der Waals surface area contributed by atoms with Crippen LogP contribution in [0.15, 0.2) is 24.3 Å². The van der Waals surface area contributed by atoms with Gasteiger partial charge in [0.1, 0.15) is 12.2 Å². The maximum atomic E-state index is 11.4. The summed E-state index contributed by atoms with van der Waals surface area (Å²) in [5.41, 5.74) is 1.90. The summed E-state index contributed by atoms with van der Waals surface area (Å²) in [7, 11) is 0.